The number of primary amides is 1. The second-order valence-corrected chi connectivity index (χ2v) is 5.33. The minimum atomic E-state index is -0.727. The van der Waals surface area contributed by atoms with Gasteiger partial charge in [0.15, 0.2) is 0 Å². The number of amides is 1. The first-order valence-corrected chi connectivity index (χ1v) is 7.18. The molecule has 1 aliphatic rings. The summed E-state index contributed by atoms with van der Waals surface area (Å²) in [6.45, 7) is 2.87. The molecule has 0 radical (unpaired) electrons. The third kappa shape index (κ3) is 5.06. The van der Waals surface area contributed by atoms with Gasteiger partial charge < -0.3 is 15.2 Å². The number of hydrogen-bond acceptors (Lipinski definition) is 4. The zero-order valence-corrected chi connectivity index (χ0v) is 12.3. The molecule has 0 spiro atoms. The molecule has 0 aromatic heterocycles. The number of halogens is 2. The van der Waals surface area contributed by atoms with E-state index in [1.807, 2.05) is 0 Å². The molecule has 1 unspecified atom stereocenters. The van der Waals surface area contributed by atoms with E-state index >= 15 is 0 Å². The van der Waals surface area contributed by atoms with E-state index in [2.05, 4.69) is 4.90 Å². The van der Waals surface area contributed by atoms with Crippen molar-refractivity contribution in [2.45, 2.75) is 18.9 Å². The standard InChI is InChI=1S/C14H18ClFN2O3/c15-12-3-2-10(8-13(12)16)20-7-1-5-18-6-4-11(9-18)21-14(17)19/h2-3,8,11H,1,4-7,9H2,(H2,17,19). The first-order valence-electron chi connectivity index (χ1n) is 6.81. The molecule has 0 saturated carbocycles. The van der Waals surface area contributed by atoms with E-state index in [0.29, 0.717) is 18.9 Å². The van der Waals surface area contributed by atoms with Crippen LogP contribution in [0.2, 0.25) is 5.02 Å². The van der Waals surface area contributed by atoms with Crippen LogP contribution in [-0.2, 0) is 4.74 Å². The van der Waals surface area contributed by atoms with Gasteiger partial charge in [0.05, 0.1) is 11.6 Å². The Kier molecular flexibility index (Phi) is 5.64. The second-order valence-electron chi connectivity index (χ2n) is 4.93. The fraction of sp³-hybridized carbons (Fsp3) is 0.500. The Bertz CT molecular complexity index is 501. The highest BCUT2D eigenvalue weighted by Crippen LogP contribution is 2.20. The zero-order chi connectivity index (χ0) is 15.2. The highest BCUT2D eigenvalue weighted by Gasteiger charge is 2.24. The number of carbonyl (C=O) groups excluding carboxylic acids is 1. The van der Waals surface area contributed by atoms with Crippen LogP contribution in [0.1, 0.15) is 12.8 Å². The Morgan fingerprint density at radius 3 is 3.05 bits per heavy atom. The predicted molar refractivity (Wildman–Crippen MR) is 77.0 cm³/mol. The van der Waals surface area contributed by atoms with Gasteiger partial charge in [-0.2, -0.15) is 0 Å². The number of ether oxygens (including phenoxy) is 2. The van der Waals surface area contributed by atoms with Gasteiger partial charge >= 0.3 is 6.09 Å². The molecule has 1 aromatic rings. The lowest BCUT2D eigenvalue weighted by molar-refractivity contribution is 0.109. The van der Waals surface area contributed by atoms with Gasteiger partial charge in [-0.1, -0.05) is 11.6 Å². The van der Waals surface area contributed by atoms with Crippen LogP contribution in [-0.4, -0.2) is 43.3 Å². The Morgan fingerprint density at radius 2 is 2.33 bits per heavy atom. The average Bonchev–Trinajstić information content (AvgIpc) is 2.85. The largest absolute Gasteiger partial charge is 0.493 e. The minimum absolute atomic E-state index is 0.0832. The van der Waals surface area contributed by atoms with E-state index in [-0.39, 0.29) is 11.1 Å². The van der Waals surface area contributed by atoms with Crippen LogP contribution < -0.4 is 10.5 Å². The number of rotatable bonds is 6. The Hall–Kier alpha value is -1.53. The molecule has 0 bridgehead atoms. The van der Waals surface area contributed by atoms with Crippen LogP contribution in [0.4, 0.5) is 9.18 Å². The number of nitrogens with two attached hydrogens (primary N) is 1. The summed E-state index contributed by atoms with van der Waals surface area (Å²) in [7, 11) is 0. The molecule has 7 heteroatoms. The summed E-state index contributed by atoms with van der Waals surface area (Å²) in [4.78, 5) is 12.8. The molecule has 1 atom stereocenters. The highest BCUT2D eigenvalue weighted by atomic mass is 35.5. The topological polar surface area (TPSA) is 64.8 Å². The van der Waals surface area contributed by atoms with Gasteiger partial charge in [-0.3, -0.25) is 4.90 Å². The molecule has 21 heavy (non-hydrogen) atoms. The number of hydrogen-bond donors (Lipinski definition) is 1. The molecule has 1 saturated heterocycles. The zero-order valence-electron chi connectivity index (χ0n) is 11.6. The quantitative estimate of drug-likeness (QED) is 0.819. The van der Waals surface area contributed by atoms with Crippen molar-refractivity contribution in [3.63, 3.8) is 0 Å². The minimum Gasteiger partial charge on any atom is -0.493 e. The Balaban J connectivity index is 1.64. The maximum Gasteiger partial charge on any atom is 0.404 e. The van der Waals surface area contributed by atoms with Crippen molar-refractivity contribution in [1.29, 1.82) is 0 Å². The lowest BCUT2D eigenvalue weighted by Crippen LogP contribution is -2.28. The Labute approximate surface area is 127 Å². The van der Waals surface area contributed by atoms with Crippen LogP contribution in [0.3, 0.4) is 0 Å². The van der Waals surface area contributed by atoms with E-state index in [1.165, 1.54) is 12.1 Å². The normalized spacial score (nSPS) is 18.7. The van der Waals surface area contributed by atoms with Gasteiger partial charge in [0.1, 0.15) is 17.7 Å². The first-order chi connectivity index (χ1) is 10.0. The van der Waals surface area contributed by atoms with Crippen molar-refractivity contribution < 1.29 is 18.7 Å². The lowest BCUT2D eigenvalue weighted by Gasteiger charge is -2.15. The van der Waals surface area contributed by atoms with Gasteiger partial charge in [-0.25, -0.2) is 9.18 Å². The monoisotopic (exact) mass is 316 g/mol. The summed E-state index contributed by atoms with van der Waals surface area (Å²) in [6.07, 6.45) is 0.753. The molecule has 1 aromatic carbocycles. The summed E-state index contributed by atoms with van der Waals surface area (Å²) in [5.74, 6) is -0.0200. The van der Waals surface area contributed by atoms with E-state index in [9.17, 15) is 9.18 Å². The first kappa shape index (κ1) is 15.9. The maximum atomic E-state index is 13.2. The fourth-order valence-corrected chi connectivity index (χ4v) is 2.42. The van der Waals surface area contributed by atoms with Gasteiger partial charge in [-0.05, 0) is 25.0 Å². The summed E-state index contributed by atoms with van der Waals surface area (Å²) >= 11 is 5.60. The van der Waals surface area contributed by atoms with Crippen molar-refractivity contribution in [2.75, 3.05) is 26.2 Å². The van der Waals surface area contributed by atoms with Crippen LogP contribution >= 0.6 is 11.6 Å². The van der Waals surface area contributed by atoms with E-state index in [0.717, 1.165) is 25.9 Å². The van der Waals surface area contributed by atoms with Gasteiger partial charge in [0.25, 0.3) is 0 Å². The number of nitrogens with zero attached hydrogens (tertiary/aromatic N) is 1. The van der Waals surface area contributed by atoms with Crippen LogP contribution in [0.25, 0.3) is 0 Å². The highest BCUT2D eigenvalue weighted by molar-refractivity contribution is 6.30. The Morgan fingerprint density at radius 1 is 1.52 bits per heavy atom. The predicted octanol–water partition coefficient (Wildman–Crippen LogP) is 2.42. The van der Waals surface area contributed by atoms with Crippen molar-refractivity contribution >= 4 is 17.7 Å². The number of likely N-dealkylation sites (tertiary alicyclic amines) is 1. The number of carbonyl (C=O) groups is 1. The average molecular weight is 317 g/mol. The van der Waals surface area contributed by atoms with E-state index < -0.39 is 11.9 Å². The third-order valence-electron chi connectivity index (χ3n) is 3.29. The molecular formula is C14H18ClFN2O3. The van der Waals surface area contributed by atoms with Gasteiger partial charge in [0.2, 0.25) is 0 Å². The molecule has 2 rings (SSSR count). The van der Waals surface area contributed by atoms with Crippen LogP contribution in [0.15, 0.2) is 18.2 Å². The lowest BCUT2D eigenvalue weighted by atomic mass is 10.3. The summed E-state index contributed by atoms with van der Waals surface area (Å²) in [5.41, 5.74) is 4.99. The van der Waals surface area contributed by atoms with Gasteiger partial charge in [0, 0.05) is 25.7 Å². The second kappa shape index (κ2) is 7.47. The molecule has 0 aliphatic carbocycles. The summed E-state index contributed by atoms with van der Waals surface area (Å²) < 4.78 is 23.6. The van der Waals surface area contributed by atoms with E-state index in [4.69, 9.17) is 26.8 Å². The summed E-state index contributed by atoms with van der Waals surface area (Å²) in [5, 5.41) is 0.0832. The fourth-order valence-electron chi connectivity index (χ4n) is 2.31. The summed E-state index contributed by atoms with van der Waals surface area (Å²) in [6, 6.07) is 4.38. The molecule has 1 fully saturated rings. The molecule has 116 valence electrons. The SMILES string of the molecule is NC(=O)OC1CCN(CCCOc2ccc(Cl)c(F)c2)C1. The third-order valence-corrected chi connectivity index (χ3v) is 3.60. The molecule has 5 nitrogen and oxygen atoms in total. The molecule has 1 heterocycles. The molecule has 2 N–H and O–H groups in total. The molecule has 1 amide bonds. The number of benzene rings is 1. The van der Waals surface area contributed by atoms with Crippen LogP contribution in [0.5, 0.6) is 5.75 Å². The van der Waals surface area contributed by atoms with Crippen molar-refractivity contribution in [1.82, 2.24) is 4.90 Å². The smallest absolute Gasteiger partial charge is 0.404 e. The molecule has 1 aliphatic heterocycles. The van der Waals surface area contributed by atoms with Crippen molar-refractivity contribution in [3.8, 4) is 5.75 Å². The van der Waals surface area contributed by atoms with Crippen molar-refractivity contribution in [2.24, 2.45) is 5.73 Å². The van der Waals surface area contributed by atoms with Crippen molar-refractivity contribution in [3.05, 3.63) is 29.0 Å². The van der Waals surface area contributed by atoms with E-state index in [1.54, 1.807) is 6.07 Å². The van der Waals surface area contributed by atoms with Crippen LogP contribution in [0, 0.1) is 5.82 Å². The molecular weight excluding hydrogens is 299 g/mol. The maximum absolute atomic E-state index is 13.2. The van der Waals surface area contributed by atoms with Gasteiger partial charge in [-0.15, -0.1) is 0 Å².